The van der Waals surface area contributed by atoms with Gasteiger partial charge in [-0.05, 0) is 13.0 Å². The molecule has 0 aromatic carbocycles. The molecule has 1 aliphatic carbocycles. The average molecular weight is 166 g/mol. The first-order valence-electron chi connectivity index (χ1n) is 3.06. The van der Waals surface area contributed by atoms with E-state index in [2.05, 4.69) is 0 Å². The van der Waals surface area contributed by atoms with Gasteiger partial charge in [-0.2, -0.15) is 0 Å². The zero-order valence-corrected chi connectivity index (χ0v) is 5.74. The van der Waals surface area contributed by atoms with Gasteiger partial charge in [-0.15, -0.1) is 0 Å². The number of rotatable bonds is 0. The summed E-state index contributed by atoms with van der Waals surface area (Å²) < 4.78 is 49.6. The number of alkyl halides is 2. The summed E-state index contributed by atoms with van der Waals surface area (Å²) in [5.74, 6) is -2.60. The van der Waals surface area contributed by atoms with Crippen LogP contribution in [0.3, 0.4) is 0 Å². The van der Waals surface area contributed by atoms with E-state index in [0.29, 0.717) is 6.08 Å². The Bertz CT molecular complexity index is 229. The first-order valence-corrected chi connectivity index (χ1v) is 3.06. The van der Waals surface area contributed by atoms with Crippen LogP contribution in [-0.4, -0.2) is 12.3 Å². The predicted octanol–water partition coefficient (Wildman–Crippen LogP) is 2.77. The zero-order valence-electron chi connectivity index (χ0n) is 5.74. The highest BCUT2D eigenvalue weighted by molar-refractivity contribution is 5.33. The maximum absolute atomic E-state index is 12.5. The SMILES string of the molecule is CC1=C(F)C(F)=CC(F)C1F. The van der Waals surface area contributed by atoms with Crippen LogP contribution in [0, 0.1) is 0 Å². The fraction of sp³-hybridized carbons (Fsp3) is 0.429. The average Bonchev–Trinajstić information content (AvgIpc) is 1.97. The smallest absolute Gasteiger partial charge is 0.160 e. The number of hydrogen-bond acceptors (Lipinski definition) is 0. The van der Waals surface area contributed by atoms with Crippen molar-refractivity contribution in [2.75, 3.05) is 0 Å². The molecule has 0 N–H and O–H groups in total. The summed E-state index contributed by atoms with van der Waals surface area (Å²) in [4.78, 5) is 0. The van der Waals surface area contributed by atoms with E-state index in [1.807, 2.05) is 0 Å². The standard InChI is InChI=1S/C7H6F4/c1-3-6(10)4(8)2-5(9)7(3)11/h2,4,6H,1H3. The van der Waals surface area contributed by atoms with Crippen LogP contribution >= 0.6 is 0 Å². The Kier molecular flexibility index (Phi) is 2.02. The van der Waals surface area contributed by atoms with E-state index < -0.39 is 29.6 Å². The first kappa shape index (κ1) is 8.30. The molecule has 0 spiro atoms. The van der Waals surface area contributed by atoms with Crippen LogP contribution < -0.4 is 0 Å². The number of halogens is 4. The van der Waals surface area contributed by atoms with Gasteiger partial charge in [-0.1, -0.05) is 0 Å². The van der Waals surface area contributed by atoms with Crippen LogP contribution in [0.5, 0.6) is 0 Å². The molecule has 0 amide bonds. The Hall–Kier alpha value is -0.800. The van der Waals surface area contributed by atoms with Gasteiger partial charge in [0.05, 0.1) is 0 Å². The molecule has 62 valence electrons. The summed E-state index contributed by atoms with van der Waals surface area (Å²) in [5.41, 5.74) is -0.516. The number of hydrogen-bond donors (Lipinski definition) is 0. The Labute approximate surface area is 61.2 Å². The molecule has 2 atom stereocenters. The summed E-state index contributed by atoms with van der Waals surface area (Å²) in [7, 11) is 0. The molecule has 11 heavy (non-hydrogen) atoms. The lowest BCUT2D eigenvalue weighted by Crippen LogP contribution is -2.21. The molecule has 0 radical (unpaired) electrons. The van der Waals surface area contributed by atoms with Crippen molar-refractivity contribution in [3.63, 3.8) is 0 Å². The van der Waals surface area contributed by atoms with Crippen LogP contribution in [0.2, 0.25) is 0 Å². The van der Waals surface area contributed by atoms with Gasteiger partial charge in [0, 0.05) is 5.57 Å². The molecule has 0 bridgehead atoms. The molecular formula is C7H6F4. The zero-order chi connectivity index (χ0) is 8.59. The monoisotopic (exact) mass is 166 g/mol. The van der Waals surface area contributed by atoms with E-state index in [4.69, 9.17) is 0 Å². The maximum Gasteiger partial charge on any atom is 0.160 e. The topological polar surface area (TPSA) is 0 Å². The second-order valence-corrected chi connectivity index (χ2v) is 2.36. The fourth-order valence-electron chi connectivity index (χ4n) is 0.846. The highest BCUT2D eigenvalue weighted by Crippen LogP contribution is 2.30. The molecule has 0 aromatic rings. The molecule has 0 aromatic heterocycles. The quantitative estimate of drug-likeness (QED) is 0.485. The lowest BCUT2D eigenvalue weighted by atomic mass is 10.0. The minimum absolute atomic E-state index is 0.299. The molecule has 0 saturated heterocycles. The number of allylic oxidation sites excluding steroid dienone is 4. The molecule has 1 rings (SSSR count). The highest BCUT2D eigenvalue weighted by Gasteiger charge is 2.29. The Morgan fingerprint density at radius 3 is 2.36 bits per heavy atom. The molecule has 0 aliphatic heterocycles. The van der Waals surface area contributed by atoms with Crippen LogP contribution in [0.4, 0.5) is 17.6 Å². The molecule has 0 nitrogen and oxygen atoms in total. The minimum atomic E-state index is -2.06. The lowest BCUT2D eigenvalue weighted by Gasteiger charge is -2.16. The van der Waals surface area contributed by atoms with Gasteiger partial charge in [0.1, 0.15) is 0 Å². The summed E-state index contributed by atoms with van der Waals surface area (Å²) in [6.07, 6.45) is -3.81. The maximum atomic E-state index is 12.5. The normalized spacial score (nSPS) is 32.3. The second-order valence-electron chi connectivity index (χ2n) is 2.36. The highest BCUT2D eigenvalue weighted by atomic mass is 19.2. The molecule has 0 saturated carbocycles. The van der Waals surface area contributed by atoms with E-state index >= 15 is 0 Å². The van der Waals surface area contributed by atoms with Gasteiger partial charge < -0.3 is 0 Å². The van der Waals surface area contributed by atoms with Crippen molar-refractivity contribution in [1.82, 2.24) is 0 Å². The van der Waals surface area contributed by atoms with Crippen molar-refractivity contribution in [2.45, 2.75) is 19.3 Å². The van der Waals surface area contributed by atoms with Crippen molar-refractivity contribution < 1.29 is 17.6 Å². The molecule has 0 fully saturated rings. The third-order valence-corrected chi connectivity index (χ3v) is 1.55. The largest absolute Gasteiger partial charge is 0.239 e. The Balaban J connectivity index is 3.02. The Morgan fingerprint density at radius 2 is 1.82 bits per heavy atom. The summed E-state index contributed by atoms with van der Waals surface area (Å²) in [6, 6.07) is 0. The van der Waals surface area contributed by atoms with Crippen LogP contribution in [-0.2, 0) is 0 Å². The lowest BCUT2D eigenvalue weighted by molar-refractivity contribution is 0.222. The minimum Gasteiger partial charge on any atom is -0.239 e. The van der Waals surface area contributed by atoms with Crippen molar-refractivity contribution in [3.05, 3.63) is 23.3 Å². The summed E-state index contributed by atoms with van der Waals surface area (Å²) in [5, 5.41) is 0. The van der Waals surface area contributed by atoms with E-state index in [1.54, 1.807) is 0 Å². The second kappa shape index (κ2) is 2.68. The van der Waals surface area contributed by atoms with E-state index in [0.717, 1.165) is 6.92 Å². The first-order chi connectivity index (χ1) is 5.04. The summed E-state index contributed by atoms with van der Waals surface area (Å²) >= 11 is 0. The third kappa shape index (κ3) is 1.29. The van der Waals surface area contributed by atoms with Gasteiger partial charge in [0.2, 0.25) is 0 Å². The van der Waals surface area contributed by atoms with E-state index in [9.17, 15) is 17.6 Å². The van der Waals surface area contributed by atoms with Crippen LogP contribution in [0.1, 0.15) is 6.92 Å². The van der Waals surface area contributed by atoms with Crippen molar-refractivity contribution in [1.29, 1.82) is 0 Å². The van der Waals surface area contributed by atoms with Crippen LogP contribution in [0.25, 0.3) is 0 Å². The molecule has 1 aliphatic rings. The van der Waals surface area contributed by atoms with Crippen molar-refractivity contribution in [3.8, 4) is 0 Å². The molecule has 4 heteroatoms. The van der Waals surface area contributed by atoms with Crippen molar-refractivity contribution in [2.24, 2.45) is 0 Å². The Morgan fingerprint density at radius 1 is 1.27 bits per heavy atom. The van der Waals surface area contributed by atoms with Gasteiger partial charge in [-0.3, -0.25) is 0 Å². The van der Waals surface area contributed by atoms with Gasteiger partial charge in [0.25, 0.3) is 0 Å². The van der Waals surface area contributed by atoms with Gasteiger partial charge in [-0.25, -0.2) is 17.6 Å². The van der Waals surface area contributed by atoms with Crippen LogP contribution in [0.15, 0.2) is 23.3 Å². The summed E-state index contributed by atoms with van der Waals surface area (Å²) in [6.45, 7) is 1.03. The van der Waals surface area contributed by atoms with Gasteiger partial charge in [0.15, 0.2) is 24.0 Å². The van der Waals surface area contributed by atoms with Crippen molar-refractivity contribution >= 4 is 0 Å². The fourth-order valence-corrected chi connectivity index (χ4v) is 0.846. The van der Waals surface area contributed by atoms with E-state index in [-0.39, 0.29) is 0 Å². The molecule has 0 heterocycles. The van der Waals surface area contributed by atoms with Gasteiger partial charge >= 0.3 is 0 Å². The van der Waals surface area contributed by atoms with E-state index in [1.165, 1.54) is 0 Å². The predicted molar refractivity (Wildman–Crippen MR) is 32.8 cm³/mol. The third-order valence-electron chi connectivity index (χ3n) is 1.55. The molecular weight excluding hydrogens is 160 g/mol. The molecule has 2 unspecified atom stereocenters.